The Kier molecular flexibility index (Phi) is 7.08. The number of halogens is 2. The van der Waals surface area contributed by atoms with Crippen molar-refractivity contribution in [2.24, 2.45) is 0 Å². The van der Waals surface area contributed by atoms with Crippen molar-refractivity contribution in [2.75, 3.05) is 4.90 Å². The Balaban J connectivity index is 1.61. The molecule has 35 heavy (non-hydrogen) atoms. The Morgan fingerprint density at radius 2 is 1.80 bits per heavy atom. The molecule has 1 heterocycles. The van der Waals surface area contributed by atoms with Gasteiger partial charge in [-0.3, -0.25) is 14.9 Å². The molecule has 6 nitrogen and oxygen atoms in total. The van der Waals surface area contributed by atoms with Gasteiger partial charge < -0.3 is 4.74 Å². The van der Waals surface area contributed by atoms with Gasteiger partial charge in [-0.2, -0.15) is 0 Å². The summed E-state index contributed by atoms with van der Waals surface area (Å²) in [5, 5.41) is 2.64. The highest BCUT2D eigenvalue weighted by molar-refractivity contribution is 6.39. The quantitative estimate of drug-likeness (QED) is 0.271. The highest BCUT2D eigenvalue weighted by Gasteiger charge is 2.36. The molecule has 0 saturated carbocycles. The van der Waals surface area contributed by atoms with Crippen LogP contribution in [0.3, 0.4) is 0 Å². The predicted molar refractivity (Wildman–Crippen MR) is 132 cm³/mol. The first-order valence-electron chi connectivity index (χ1n) is 10.6. The van der Waals surface area contributed by atoms with E-state index in [0.717, 1.165) is 10.5 Å². The smallest absolute Gasteiger partial charge is 0.335 e. The van der Waals surface area contributed by atoms with Gasteiger partial charge in [0.1, 0.15) is 23.7 Å². The van der Waals surface area contributed by atoms with Crippen molar-refractivity contribution < 1.29 is 23.5 Å². The number of imide groups is 2. The van der Waals surface area contributed by atoms with Crippen molar-refractivity contribution in [3.05, 3.63) is 112 Å². The molecule has 0 aromatic heterocycles. The molecule has 8 heteroatoms. The summed E-state index contributed by atoms with van der Waals surface area (Å²) in [6, 6.07) is 16.6. The molecular formula is C27H20ClFN2O4. The molecule has 0 radical (unpaired) electrons. The highest BCUT2D eigenvalue weighted by atomic mass is 35.5. The van der Waals surface area contributed by atoms with Gasteiger partial charge in [-0.15, -0.1) is 6.58 Å². The standard InChI is InChI=1S/C27H20ClFN2O4/c1-2-4-19-13-17(7-12-24(19)35-16-18-5-3-6-21(29)14-18)15-23-25(32)30-27(34)31(26(23)33)22-10-8-20(28)9-11-22/h2-3,5-15H,1,4,16H2,(H,30,32,34)/b23-15+. The summed E-state index contributed by atoms with van der Waals surface area (Å²) in [6.45, 7) is 3.93. The van der Waals surface area contributed by atoms with E-state index in [-0.39, 0.29) is 23.7 Å². The second kappa shape index (κ2) is 10.4. The lowest BCUT2D eigenvalue weighted by Crippen LogP contribution is -2.54. The Morgan fingerprint density at radius 3 is 2.51 bits per heavy atom. The Morgan fingerprint density at radius 1 is 1.03 bits per heavy atom. The van der Waals surface area contributed by atoms with Crippen LogP contribution in [0.15, 0.2) is 85.0 Å². The van der Waals surface area contributed by atoms with Crippen LogP contribution >= 0.6 is 11.6 Å². The van der Waals surface area contributed by atoms with E-state index in [1.54, 1.807) is 48.5 Å². The van der Waals surface area contributed by atoms with Crippen molar-refractivity contribution >= 4 is 41.2 Å². The fourth-order valence-corrected chi connectivity index (χ4v) is 3.71. The minimum Gasteiger partial charge on any atom is -0.489 e. The molecule has 0 atom stereocenters. The molecule has 4 rings (SSSR count). The lowest BCUT2D eigenvalue weighted by molar-refractivity contribution is -0.122. The van der Waals surface area contributed by atoms with Crippen LogP contribution in [0.1, 0.15) is 16.7 Å². The molecular weight excluding hydrogens is 471 g/mol. The number of allylic oxidation sites excluding steroid dienone is 1. The summed E-state index contributed by atoms with van der Waals surface area (Å²) in [5.41, 5.74) is 2.09. The van der Waals surface area contributed by atoms with Crippen molar-refractivity contribution in [2.45, 2.75) is 13.0 Å². The number of hydrogen-bond donors (Lipinski definition) is 1. The number of barbiturate groups is 1. The first-order valence-corrected chi connectivity index (χ1v) is 11.0. The third-order valence-corrected chi connectivity index (χ3v) is 5.48. The summed E-state index contributed by atoms with van der Waals surface area (Å²) >= 11 is 5.90. The normalized spacial score (nSPS) is 14.7. The molecule has 1 N–H and O–H groups in total. The van der Waals surface area contributed by atoms with Crippen LogP contribution in [0.2, 0.25) is 5.02 Å². The van der Waals surface area contributed by atoms with E-state index in [9.17, 15) is 18.8 Å². The fourth-order valence-electron chi connectivity index (χ4n) is 3.58. The maximum atomic E-state index is 13.4. The Labute approximate surface area is 206 Å². The van der Waals surface area contributed by atoms with Crippen molar-refractivity contribution in [3.8, 4) is 5.75 Å². The zero-order valence-corrected chi connectivity index (χ0v) is 19.2. The highest BCUT2D eigenvalue weighted by Crippen LogP contribution is 2.26. The summed E-state index contributed by atoms with van der Waals surface area (Å²) in [6.07, 6.45) is 3.57. The molecule has 0 bridgehead atoms. The average molecular weight is 491 g/mol. The van der Waals surface area contributed by atoms with Gasteiger partial charge in [-0.1, -0.05) is 35.9 Å². The van der Waals surface area contributed by atoms with Gasteiger partial charge >= 0.3 is 6.03 Å². The SMILES string of the molecule is C=CCc1cc(/C=C2\C(=O)NC(=O)N(c3ccc(Cl)cc3)C2=O)ccc1OCc1cccc(F)c1. The zero-order valence-electron chi connectivity index (χ0n) is 18.5. The molecule has 1 aliphatic rings. The van der Waals surface area contributed by atoms with Gasteiger partial charge in [-0.25, -0.2) is 14.1 Å². The first-order chi connectivity index (χ1) is 16.9. The number of ether oxygens (including phenoxy) is 1. The van der Waals surface area contributed by atoms with Crippen LogP contribution in [0.25, 0.3) is 6.08 Å². The summed E-state index contributed by atoms with van der Waals surface area (Å²) < 4.78 is 19.3. The number of nitrogens with one attached hydrogen (secondary N) is 1. The maximum Gasteiger partial charge on any atom is 0.335 e. The summed E-state index contributed by atoms with van der Waals surface area (Å²) in [5.74, 6) is -1.32. The van der Waals surface area contributed by atoms with Crippen LogP contribution in [-0.4, -0.2) is 17.8 Å². The Bertz CT molecular complexity index is 1350. The molecule has 1 saturated heterocycles. The zero-order chi connectivity index (χ0) is 24.9. The number of hydrogen-bond acceptors (Lipinski definition) is 4. The number of rotatable bonds is 7. The fraction of sp³-hybridized carbons (Fsp3) is 0.0741. The van der Waals surface area contributed by atoms with E-state index < -0.39 is 17.8 Å². The predicted octanol–water partition coefficient (Wildman–Crippen LogP) is 5.45. The molecule has 0 unspecified atom stereocenters. The maximum absolute atomic E-state index is 13.4. The van der Waals surface area contributed by atoms with Crippen molar-refractivity contribution in [3.63, 3.8) is 0 Å². The number of carbonyl (C=O) groups is 3. The lowest BCUT2D eigenvalue weighted by atomic mass is 10.0. The number of benzene rings is 3. The van der Waals surface area contributed by atoms with E-state index in [1.807, 2.05) is 0 Å². The topological polar surface area (TPSA) is 75.7 Å². The van der Waals surface area contributed by atoms with Crippen LogP contribution in [0.5, 0.6) is 5.75 Å². The summed E-state index contributed by atoms with van der Waals surface area (Å²) in [4.78, 5) is 38.8. The van der Waals surface area contributed by atoms with E-state index in [0.29, 0.717) is 28.3 Å². The van der Waals surface area contributed by atoms with E-state index in [4.69, 9.17) is 16.3 Å². The van der Waals surface area contributed by atoms with Crippen LogP contribution in [0, 0.1) is 5.82 Å². The van der Waals surface area contributed by atoms with Gasteiger partial charge in [0.05, 0.1) is 5.69 Å². The lowest BCUT2D eigenvalue weighted by Gasteiger charge is -2.26. The third-order valence-electron chi connectivity index (χ3n) is 5.23. The van der Waals surface area contributed by atoms with Crippen LogP contribution in [-0.2, 0) is 22.6 Å². The molecule has 1 fully saturated rings. The van der Waals surface area contributed by atoms with Crippen molar-refractivity contribution in [1.29, 1.82) is 0 Å². The van der Waals surface area contributed by atoms with Crippen LogP contribution in [0.4, 0.5) is 14.9 Å². The molecule has 0 aliphatic carbocycles. The monoisotopic (exact) mass is 490 g/mol. The van der Waals surface area contributed by atoms with Gasteiger partial charge in [-0.05, 0) is 77.7 Å². The van der Waals surface area contributed by atoms with Crippen molar-refractivity contribution in [1.82, 2.24) is 5.32 Å². The largest absolute Gasteiger partial charge is 0.489 e. The molecule has 1 aliphatic heterocycles. The molecule has 0 spiro atoms. The third kappa shape index (κ3) is 5.47. The minimum absolute atomic E-state index is 0.168. The van der Waals surface area contributed by atoms with Crippen LogP contribution < -0.4 is 15.0 Å². The van der Waals surface area contributed by atoms with E-state index in [1.165, 1.54) is 30.3 Å². The molecule has 4 amide bonds. The minimum atomic E-state index is -0.840. The van der Waals surface area contributed by atoms with Gasteiger partial charge in [0.2, 0.25) is 0 Å². The average Bonchev–Trinajstić information content (AvgIpc) is 2.82. The van der Waals surface area contributed by atoms with Gasteiger partial charge in [0.25, 0.3) is 11.8 Å². The second-order valence-corrected chi connectivity index (χ2v) is 8.15. The van der Waals surface area contributed by atoms with Gasteiger partial charge in [0, 0.05) is 5.02 Å². The first kappa shape index (κ1) is 23.9. The number of amides is 4. The van der Waals surface area contributed by atoms with E-state index in [2.05, 4.69) is 11.9 Å². The molecule has 3 aromatic rings. The number of urea groups is 1. The number of carbonyl (C=O) groups excluding carboxylic acids is 3. The summed E-state index contributed by atoms with van der Waals surface area (Å²) in [7, 11) is 0. The molecule has 3 aromatic carbocycles. The van der Waals surface area contributed by atoms with E-state index >= 15 is 0 Å². The molecule has 176 valence electrons. The Hall–Kier alpha value is -4.23. The second-order valence-electron chi connectivity index (χ2n) is 7.71. The number of nitrogens with zero attached hydrogens (tertiary/aromatic N) is 1. The van der Waals surface area contributed by atoms with Gasteiger partial charge in [0.15, 0.2) is 0 Å². The number of anilines is 1.